The molecule has 24 heavy (non-hydrogen) atoms. The molecule has 1 aromatic carbocycles. The molecule has 0 fully saturated rings. The first-order valence-electron chi connectivity index (χ1n) is 7.06. The van der Waals surface area contributed by atoms with E-state index in [9.17, 15) is 9.59 Å². The Balaban J connectivity index is 1.95. The van der Waals surface area contributed by atoms with Crippen molar-refractivity contribution in [1.82, 2.24) is 14.9 Å². The number of fused-ring (bicyclic) bond motifs is 1. The molecule has 0 bridgehead atoms. The Morgan fingerprint density at radius 3 is 1.79 bits per heavy atom. The molecule has 8 nitrogen and oxygen atoms in total. The third kappa shape index (κ3) is 2.41. The molecule has 0 atom stereocenters. The van der Waals surface area contributed by atoms with Crippen LogP contribution in [-0.4, -0.2) is 48.0 Å². The molecule has 2 amide bonds. The van der Waals surface area contributed by atoms with E-state index in [4.69, 9.17) is 14.2 Å². The highest BCUT2D eigenvalue weighted by Crippen LogP contribution is 2.38. The quantitative estimate of drug-likeness (QED) is 0.764. The second kappa shape index (κ2) is 6.15. The molecule has 0 saturated heterocycles. The van der Waals surface area contributed by atoms with Crippen LogP contribution in [-0.2, 0) is 6.54 Å². The topological polar surface area (TPSA) is 90.9 Å². The summed E-state index contributed by atoms with van der Waals surface area (Å²) in [6, 6.07) is 3.37. The van der Waals surface area contributed by atoms with Gasteiger partial charge in [-0.25, -0.2) is 9.97 Å². The van der Waals surface area contributed by atoms with Crippen molar-refractivity contribution in [3.05, 3.63) is 41.5 Å². The third-order valence-corrected chi connectivity index (χ3v) is 3.66. The van der Waals surface area contributed by atoms with Crippen molar-refractivity contribution >= 4 is 11.8 Å². The number of carbonyl (C=O) groups is 2. The molecule has 8 heteroatoms. The van der Waals surface area contributed by atoms with E-state index < -0.39 is 11.8 Å². The van der Waals surface area contributed by atoms with Crippen molar-refractivity contribution < 1.29 is 23.8 Å². The average Bonchev–Trinajstić information content (AvgIpc) is 2.86. The third-order valence-electron chi connectivity index (χ3n) is 3.66. The van der Waals surface area contributed by atoms with Crippen molar-refractivity contribution in [2.45, 2.75) is 6.54 Å². The monoisotopic (exact) mass is 329 g/mol. The highest BCUT2D eigenvalue weighted by atomic mass is 16.5. The lowest BCUT2D eigenvalue weighted by Crippen LogP contribution is -2.29. The van der Waals surface area contributed by atoms with Gasteiger partial charge in [0.05, 0.1) is 27.9 Å². The minimum atomic E-state index is -0.475. The van der Waals surface area contributed by atoms with Crippen LogP contribution in [0.1, 0.15) is 26.5 Å². The number of benzene rings is 1. The molecule has 1 aliphatic rings. The van der Waals surface area contributed by atoms with Crippen LogP contribution >= 0.6 is 0 Å². The van der Waals surface area contributed by atoms with Crippen molar-refractivity contribution in [3.63, 3.8) is 0 Å². The molecule has 0 radical (unpaired) electrons. The number of ether oxygens (including phenoxy) is 3. The highest BCUT2D eigenvalue weighted by molar-refractivity contribution is 6.19. The van der Waals surface area contributed by atoms with Crippen LogP contribution in [0.4, 0.5) is 0 Å². The van der Waals surface area contributed by atoms with Gasteiger partial charge >= 0.3 is 0 Å². The van der Waals surface area contributed by atoms with Crippen molar-refractivity contribution in [2.75, 3.05) is 21.3 Å². The summed E-state index contributed by atoms with van der Waals surface area (Å²) in [5.41, 5.74) is 0.781. The van der Waals surface area contributed by atoms with Crippen molar-refractivity contribution in [3.8, 4) is 17.2 Å². The summed E-state index contributed by atoms with van der Waals surface area (Å²) in [4.78, 5) is 33.7. The zero-order chi connectivity index (χ0) is 17.3. The number of hydrogen-bond donors (Lipinski definition) is 0. The normalized spacial score (nSPS) is 13.0. The number of hydrogen-bond acceptors (Lipinski definition) is 7. The Bertz CT molecular complexity index is 761. The van der Waals surface area contributed by atoms with Gasteiger partial charge in [-0.15, -0.1) is 0 Å². The minimum Gasteiger partial charge on any atom is -0.493 e. The first kappa shape index (κ1) is 15.7. The number of imide groups is 1. The molecule has 0 unspecified atom stereocenters. The molecule has 2 heterocycles. The Labute approximate surface area is 138 Å². The van der Waals surface area contributed by atoms with Gasteiger partial charge in [0, 0.05) is 12.4 Å². The van der Waals surface area contributed by atoms with Gasteiger partial charge < -0.3 is 14.2 Å². The zero-order valence-corrected chi connectivity index (χ0v) is 13.4. The first-order valence-corrected chi connectivity index (χ1v) is 7.06. The van der Waals surface area contributed by atoms with Crippen molar-refractivity contribution in [2.24, 2.45) is 0 Å². The summed E-state index contributed by atoms with van der Waals surface area (Å²) in [5, 5.41) is 0. The summed E-state index contributed by atoms with van der Waals surface area (Å²) in [6.07, 6.45) is 2.76. The van der Waals surface area contributed by atoms with Crippen LogP contribution in [0.15, 0.2) is 24.5 Å². The summed E-state index contributed by atoms with van der Waals surface area (Å²) < 4.78 is 15.8. The van der Waals surface area contributed by atoms with Gasteiger partial charge in [0.15, 0.2) is 22.9 Å². The fourth-order valence-corrected chi connectivity index (χ4v) is 2.55. The van der Waals surface area contributed by atoms with E-state index in [1.165, 1.54) is 33.7 Å². The minimum absolute atomic E-state index is 0.0480. The van der Waals surface area contributed by atoms with E-state index in [0.29, 0.717) is 22.8 Å². The maximum atomic E-state index is 12.4. The molecule has 1 aromatic heterocycles. The Morgan fingerprint density at radius 1 is 0.875 bits per heavy atom. The van der Waals surface area contributed by atoms with E-state index in [1.54, 1.807) is 12.1 Å². The maximum Gasteiger partial charge on any atom is 0.282 e. The van der Waals surface area contributed by atoms with E-state index in [1.807, 2.05) is 0 Å². The summed E-state index contributed by atoms with van der Waals surface area (Å²) in [5.74, 6) is 0.377. The van der Waals surface area contributed by atoms with Gasteiger partial charge in [0.1, 0.15) is 0 Å². The van der Waals surface area contributed by atoms with Gasteiger partial charge in [0.25, 0.3) is 11.8 Å². The number of methoxy groups -OCH3 is 3. The fourth-order valence-electron chi connectivity index (χ4n) is 2.55. The molecular weight excluding hydrogens is 314 g/mol. The molecule has 0 aliphatic carbocycles. The number of aromatic nitrogens is 2. The lowest BCUT2D eigenvalue weighted by Gasteiger charge is -2.17. The number of amides is 2. The number of nitrogens with zero attached hydrogens (tertiary/aromatic N) is 3. The molecule has 124 valence electrons. The Morgan fingerprint density at radius 2 is 1.38 bits per heavy atom. The van der Waals surface area contributed by atoms with E-state index >= 15 is 0 Å². The molecular formula is C16H15N3O5. The molecule has 3 rings (SSSR count). The van der Waals surface area contributed by atoms with Crippen LogP contribution in [0.25, 0.3) is 0 Å². The number of rotatable bonds is 5. The van der Waals surface area contributed by atoms with Gasteiger partial charge in [-0.2, -0.15) is 0 Å². The van der Waals surface area contributed by atoms with Gasteiger partial charge in [-0.3, -0.25) is 14.5 Å². The summed E-state index contributed by atoms with van der Waals surface area (Å²) >= 11 is 0. The van der Waals surface area contributed by atoms with Gasteiger partial charge in [-0.1, -0.05) is 0 Å². The zero-order valence-electron chi connectivity index (χ0n) is 13.4. The average molecular weight is 329 g/mol. The Kier molecular flexibility index (Phi) is 4.03. The maximum absolute atomic E-state index is 12.4. The first-order chi connectivity index (χ1) is 11.6. The fraction of sp³-hybridized carbons (Fsp3) is 0.250. The largest absolute Gasteiger partial charge is 0.493 e. The van der Waals surface area contributed by atoms with Crippen LogP contribution < -0.4 is 14.2 Å². The van der Waals surface area contributed by atoms with Crippen LogP contribution in [0.3, 0.4) is 0 Å². The second-order valence-electron chi connectivity index (χ2n) is 4.98. The van der Waals surface area contributed by atoms with Gasteiger partial charge in [-0.05, 0) is 17.7 Å². The molecule has 1 aliphatic heterocycles. The smallest absolute Gasteiger partial charge is 0.282 e. The highest BCUT2D eigenvalue weighted by Gasteiger charge is 2.38. The summed E-state index contributed by atoms with van der Waals surface area (Å²) in [7, 11) is 4.50. The van der Waals surface area contributed by atoms with Crippen LogP contribution in [0.5, 0.6) is 17.2 Å². The lowest BCUT2D eigenvalue weighted by molar-refractivity contribution is 0.0638. The van der Waals surface area contributed by atoms with Crippen molar-refractivity contribution in [1.29, 1.82) is 0 Å². The van der Waals surface area contributed by atoms with Crippen LogP contribution in [0, 0.1) is 0 Å². The molecule has 0 saturated carbocycles. The van der Waals surface area contributed by atoms with E-state index in [-0.39, 0.29) is 17.9 Å². The predicted molar refractivity (Wildman–Crippen MR) is 82.3 cm³/mol. The molecule has 0 N–H and O–H groups in total. The Hall–Kier alpha value is -3.16. The lowest BCUT2D eigenvalue weighted by atomic mass is 10.1. The summed E-state index contributed by atoms with van der Waals surface area (Å²) in [6.45, 7) is 0.0480. The standard InChI is InChI=1S/C16H15N3O5/c1-22-10-6-9(7-11(23-2)14(10)24-3)8-19-15(20)12-13(16(19)21)18-5-4-17-12/h4-7H,8H2,1-3H3. The number of carbonyl (C=O) groups excluding carboxylic acids is 2. The van der Waals surface area contributed by atoms with Gasteiger partial charge in [0.2, 0.25) is 5.75 Å². The van der Waals surface area contributed by atoms with E-state index in [0.717, 1.165) is 4.90 Å². The SMILES string of the molecule is COc1cc(CN2C(=O)c3nccnc3C2=O)cc(OC)c1OC. The molecule has 0 spiro atoms. The second-order valence-corrected chi connectivity index (χ2v) is 4.98. The molecule has 2 aromatic rings. The van der Waals surface area contributed by atoms with E-state index in [2.05, 4.69) is 9.97 Å². The van der Waals surface area contributed by atoms with Crippen LogP contribution in [0.2, 0.25) is 0 Å². The predicted octanol–water partition coefficient (Wildman–Crippen LogP) is 1.30.